The number of ether oxygens (including phenoxy) is 11. The Hall–Kier alpha value is -8.78. The van der Waals surface area contributed by atoms with E-state index in [1.807, 2.05) is 19.9 Å². The molecule has 0 saturated carbocycles. The van der Waals surface area contributed by atoms with Crippen LogP contribution in [0.15, 0.2) is 66.7 Å². The number of anilines is 1. The normalized spacial score (nSPS) is 16.1. The van der Waals surface area contributed by atoms with Gasteiger partial charge < -0.3 is 105 Å². The number of benzene rings is 2. The molecule has 12 amide bonds. The highest BCUT2D eigenvalue weighted by atomic mass is 16.6. The number of likely N-dealkylation sites (N-methyl/N-ethyl adjacent to an activating group) is 2. The third-order valence-corrected chi connectivity index (χ3v) is 19.9. The largest absolute Gasteiger partial charge is 0.480 e. The zero-order chi connectivity index (χ0) is 85.7. The van der Waals surface area contributed by atoms with Crippen molar-refractivity contribution in [1.82, 2.24) is 46.2 Å². The van der Waals surface area contributed by atoms with Gasteiger partial charge in [-0.3, -0.25) is 53.0 Å². The molecule has 116 heavy (non-hydrogen) atoms. The molecule has 1 saturated heterocycles. The summed E-state index contributed by atoms with van der Waals surface area (Å²) in [6, 6.07) is 7.79. The molecule has 652 valence electrons. The van der Waals surface area contributed by atoms with Crippen LogP contribution in [0.25, 0.3) is 0 Å². The van der Waals surface area contributed by atoms with Crippen LogP contribution in [0.5, 0.6) is 0 Å². The van der Waals surface area contributed by atoms with Crippen molar-refractivity contribution < 1.29 is 115 Å². The number of nitrogens with two attached hydrogens (primary N) is 1. The lowest BCUT2D eigenvalue weighted by Crippen LogP contribution is -2.60. The second-order valence-electron chi connectivity index (χ2n) is 29.5. The molecule has 35 nitrogen and oxygen atoms in total. The number of carboxylic acid groups (broad SMARTS) is 1. The van der Waals surface area contributed by atoms with E-state index in [1.165, 1.54) is 38.3 Å². The summed E-state index contributed by atoms with van der Waals surface area (Å²) < 4.78 is 61.7. The number of hydrogen-bond acceptors (Lipinski definition) is 23. The van der Waals surface area contributed by atoms with Crippen molar-refractivity contribution in [3.05, 3.63) is 77.9 Å². The van der Waals surface area contributed by atoms with Gasteiger partial charge in [0.2, 0.25) is 41.4 Å². The van der Waals surface area contributed by atoms with Crippen LogP contribution in [0.3, 0.4) is 0 Å². The third-order valence-electron chi connectivity index (χ3n) is 19.9. The van der Waals surface area contributed by atoms with E-state index in [2.05, 4.69) is 31.9 Å². The molecule has 0 radical (unpaired) electrons. The Morgan fingerprint density at radius 2 is 1.11 bits per heavy atom. The van der Waals surface area contributed by atoms with E-state index in [0.717, 1.165) is 15.4 Å². The fourth-order valence-electron chi connectivity index (χ4n) is 13.3. The van der Waals surface area contributed by atoms with Crippen LogP contribution in [0, 0.1) is 29.6 Å². The van der Waals surface area contributed by atoms with Gasteiger partial charge in [0.1, 0.15) is 36.8 Å². The lowest BCUT2D eigenvalue weighted by molar-refractivity contribution is -0.148. The zero-order valence-corrected chi connectivity index (χ0v) is 69.9. The Labute approximate surface area is 682 Å². The topological polar surface area (TPSA) is 438 Å². The summed E-state index contributed by atoms with van der Waals surface area (Å²) in [5.74, 6) is -7.80. The highest BCUT2D eigenvalue weighted by molar-refractivity contribution is 6.12. The summed E-state index contributed by atoms with van der Waals surface area (Å²) in [5, 5.41) is 26.4. The standard InChI is InChI=1S/C81H129N11O24/c1-14-56(8)72(64(106-12)51-68(96)91-32-19-23-63(91)73(107-13)57(9)74(97)86-62(79(102)103)50-58-20-16-15-17-21-58)89(10)78(101)70(54(4)5)88-77(100)71(55(6)7)90(11)81(105)116-52-59-24-26-60(27-25-59)84-75(98)61(22-18-31-83-80(82)104)85-76(99)69(53(2)3)87-65(93)30-34-108-36-38-110-40-42-112-44-46-114-48-49-115-47-45-113-43-41-111-39-37-109-35-33-92-66(94)28-29-67(92)95/h15-17,20-21,24-29,53-57,61-64,69-73H,14,18-19,22-23,30-52H2,1-13H3,(H,84,98)(H,85,99)(H,86,97)(H,87,93)(H,88,100)(H,102,103)(H3,82,83,104)/t56-,57+,61-,62-,63-,64+,69-,70-,71-,72-,73+/m0/s1. The molecule has 2 aliphatic heterocycles. The fourth-order valence-corrected chi connectivity index (χ4v) is 13.3. The van der Waals surface area contributed by atoms with E-state index in [9.17, 15) is 62.6 Å². The number of likely N-dealkylation sites (tertiary alicyclic amines) is 1. The predicted octanol–water partition coefficient (Wildman–Crippen LogP) is 3.61. The maximum absolute atomic E-state index is 14.9. The average Bonchev–Trinajstić information content (AvgIpc) is 1.44. The van der Waals surface area contributed by atoms with E-state index in [0.29, 0.717) is 116 Å². The van der Waals surface area contributed by atoms with Gasteiger partial charge in [-0.15, -0.1) is 0 Å². The molecule has 0 spiro atoms. The first-order chi connectivity index (χ1) is 55.4. The molecule has 0 aliphatic carbocycles. The van der Waals surface area contributed by atoms with Gasteiger partial charge in [-0.2, -0.15) is 0 Å². The number of amides is 12. The van der Waals surface area contributed by atoms with E-state index in [1.54, 1.807) is 109 Å². The molecule has 2 aliphatic rings. The number of imide groups is 1. The molecule has 0 aromatic heterocycles. The SMILES string of the molecule is CC[C@H](C)[C@@H]([C@@H](CC(=O)N1CCC[C@H]1[C@H](OC)[C@@H](C)C(=O)N[C@@H](Cc1ccccc1)C(=O)O)OC)N(C)C(=O)[C@@H](NC(=O)[C@H](C(C)C)N(C)C(=O)OCc1ccc(NC(=O)[C@H](CCCNC(N)=O)NC(=O)[C@@H](NC(=O)CCOCCOCCOCCOCCOCCOCCOCCOCCN2C(=O)C=CC2=O)C(C)C)cc1)C(C)C. The van der Waals surface area contributed by atoms with Gasteiger partial charge in [0.15, 0.2) is 0 Å². The first kappa shape index (κ1) is 99.6. The van der Waals surface area contributed by atoms with Gasteiger partial charge in [0, 0.05) is 72.1 Å². The molecule has 2 aromatic rings. The number of aliphatic carboxylic acids is 1. The minimum atomic E-state index is -1.20. The maximum atomic E-state index is 14.9. The molecule has 1 fully saturated rings. The number of nitrogens with one attached hydrogen (secondary N) is 6. The number of rotatable bonds is 60. The number of primary amides is 1. The van der Waals surface area contributed by atoms with E-state index >= 15 is 0 Å². The molecular weight excluding hydrogens is 1510 g/mol. The molecule has 4 rings (SSSR count). The molecule has 35 heteroatoms. The number of carbonyl (C=O) groups excluding carboxylic acids is 11. The minimum Gasteiger partial charge on any atom is -0.480 e. The second-order valence-corrected chi connectivity index (χ2v) is 29.5. The van der Waals surface area contributed by atoms with Crippen LogP contribution in [0.1, 0.15) is 118 Å². The maximum Gasteiger partial charge on any atom is 0.410 e. The molecule has 11 atom stereocenters. The summed E-state index contributed by atoms with van der Waals surface area (Å²) >= 11 is 0. The fraction of sp³-hybridized carbons (Fsp3) is 0.679. The third kappa shape index (κ3) is 35.6. The Balaban J connectivity index is 1.20. The molecule has 9 N–H and O–H groups in total. The second kappa shape index (κ2) is 55.0. The van der Waals surface area contributed by atoms with Crippen molar-refractivity contribution in [2.45, 2.75) is 175 Å². The van der Waals surface area contributed by atoms with Crippen molar-refractivity contribution in [3.8, 4) is 0 Å². The minimum absolute atomic E-state index is 0.0444. The lowest BCUT2D eigenvalue weighted by atomic mass is 9.89. The number of carboxylic acids is 1. The highest BCUT2D eigenvalue weighted by Crippen LogP contribution is 2.30. The zero-order valence-electron chi connectivity index (χ0n) is 69.9. The van der Waals surface area contributed by atoms with Gasteiger partial charge in [0.05, 0.1) is 149 Å². The Kier molecular flexibility index (Phi) is 47.2. The predicted molar refractivity (Wildman–Crippen MR) is 427 cm³/mol. The molecule has 2 heterocycles. The van der Waals surface area contributed by atoms with E-state index < -0.39 is 132 Å². The first-order valence-corrected chi connectivity index (χ1v) is 40.0. The molecule has 0 bridgehead atoms. The Morgan fingerprint density at radius 3 is 1.60 bits per heavy atom. The van der Waals surface area contributed by atoms with Crippen molar-refractivity contribution in [1.29, 1.82) is 0 Å². The van der Waals surface area contributed by atoms with Crippen molar-refractivity contribution in [3.63, 3.8) is 0 Å². The molecule has 0 unspecified atom stereocenters. The van der Waals surface area contributed by atoms with E-state index in [4.69, 9.17) is 57.8 Å². The summed E-state index contributed by atoms with van der Waals surface area (Å²) in [6.45, 7) is 21.7. The van der Waals surface area contributed by atoms with E-state index in [-0.39, 0.29) is 102 Å². The molecular formula is C81H129N11O24. The smallest absolute Gasteiger partial charge is 0.410 e. The summed E-state index contributed by atoms with van der Waals surface area (Å²) in [5.41, 5.74) is 6.85. The summed E-state index contributed by atoms with van der Waals surface area (Å²) in [4.78, 5) is 165. The number of methoxy groups -OCH3 is 2. The first-order valence-electron chi connectivity index (χ1n) is 40.0. The van der Waals surface area contributed by atoms with Crippen LogP contribution in [-0.2, 0) is 113 Å². The Morgan fingerprint density at radius 1 is 0.586 bits per heavy atom. The van der Waals surface area contributed by atoms with Gasteiger partial charge in [0.25, 0.3) is 11.8 Å². The lowest BCUT2D eigenvalue weighted by Gasteiger charge is -2.41. The van der Waals surface area contributed by atoms with Crippen LogP contribution >= 0.6 is 0 Å². The number of carbonyl (C=O) groups is 12. The number of hydrogen-bond donors (Lipinski definition) is 8. The van der Waals surface area contributed by atoms with Crippen LogP contribution < -0.4 is 37.6 Å². The molecule has 2 aromatic carbocycles. The van der Waals surface area contributed by atoms with Crippen molar-refractivity contribution in [2.24, 2.45) is 35.3 Å². The van der Waals surface area contributed by atoms with Crippen molar-refractivity contribution in [2.75, 3.05) is 159 Å². The van der Waals surface area contributed by atoms with Crippen LogP contribution in [-0.4, -0.2) is 304 Å². The Bertz CT molecular complexity index is 3360. The van der Waals surface area contributed by atoms with Gasteiger partial charge in [-0.25, -0.2) is 14.4 Å². The average molecular weight is 1640 g/mol. The highest BCUT2D eigenvalue weighted by Gasteiger charge is 2.44. The van der Waals surface area contributed by atoms with Gasteiger partial charge in [-0.1, -0.05) is 111 Å². The number of nitrogens with zero attached hydrogens (tertiary/aromatic N) is 4. The number of urea groups is 1. The van der Waals surface area contributed by atoms with Crippen LogP contribution in [0.2, 0.25) is 0 Å². The monoisotopic (exact) mass is 1640 g/mol. The van der Waals surface area contributed by atoms with Gasteiger partial charge in [-0.05, 0) is 72.6 Å². The summed E-state index contributed by atoms with van der Waals surface area (Å²) in [6.07, 6.45) is 1.93. The van der Waals surface area contributed by atoms with Gasteiger partial charge >= 0.3 is 18.1 Å². The van der Waals surface area contributed by atoms with Crippen molar-refractivity contribution >= 4 is 76.9 Å². The quantitative estimate of drug-likeness (QED) is 0.0346. The van der Waals surface area contributed by atoms with Crippen LogP contribution in [0.4, 0.5) is 15.3 Å². The summed E-state index contributed by atoms with van der Waals surface area (Å²) in [7, 11) is 5.96.